The number of hydrogen-bond donors (Lipinski definition) is 0. The minimum Gasteiger partial charge on any atom is -0.318 e. The van der Waals surface area contributed by atoms with E-state index in [1.807, 2.05) is 42.7 Å². The predicted octanol–water partition coefficient (Wildman–Crippen LogP) is 5.87. The van der Waals surface area contributed by atoms with Crippen molar-refractivity contribution >= 4 is 23.1 Å². The molecule has 5 aromatic rings. The number of aromatic nitrogens is 2. The van der Waals surface area contributed by atoms with E-state index in [4.69, 9.17) is 4.99 Å². The van der Waals surface area contributed by atoms with Crippen molar-refractivity contribution in [1.29, 1.82) is 0 Å². The fourth-order valence-corrected chi connectivity index (χ4v) is 7.01. The molecule has 0 fully saturated rings. The van der Waals surface area contributed by atoms with Gasteiger partial charge in [0.1, 0.15) is 5.82 Å². The summed E-state index contributed by atoms with van der Waals surface area (Å²) in [6, 6.07) is 27.1. The second-order valence-corrected chi connectivity index (χ2v) is 11.2. The summed E-state index contributed by atoms with van der Waals surface area (Å²) in [5, 5.41) is 0. The summed E-state index contributed by atoms with van der Waals surface area (Å²) in [7, 11) is 0. The van der Waals surface area contributed by atoms with Crippen molar-refractivity contribution in [2.45, 2.75) is 32.7 Å². The van der Waals surface area contributed by atoms with E-state index in [9.17, 15) is 9.18 Å². The number of thiazole rings is 1. The van der Waals surface area contributed by atoms with Crippen LogP contribution >= 0.6 is 11.3 Å². The van der Waals surface area contributed by atoms with Crippen LogP contribution < -0.4 is 14.9 Å². The molecule has 0 bridgehead atoms. The monoisotopic (exact) mass is 531 g/mol. The molecule has 0 spiro atoms. The van der Waals surface area contributed by atoms with Gasteiger partial charge in [0.25, 0.3) is 5.56 Å². The van der Waals surface area contributed by atoms with Crippen molar-refractivity contribution in [2.75, 3.05) is 0 Å². The summed E-state index contributed by atoms with van der Waals surface area (Å²) < 4.78 is 18.2. The molecule has 0 saturated carbocycles. The molecule has 2 aliphatic rings. The molecule has 4 nitrogen and oxygen atoms in total. The number of fused-ring (bicyclic) bond motifs is 3. The second kappa shape index (κ2) is 9.17. The molecule has 1 aliphatic carbocycles. The molecule has 2 aromatic heterocycles. The van der Waals surface area contributed by atoms with Crippen LogP contribution in [0, 0.1) is 19.7 Å². The number of rotatable bonds is 3. The molecule has 1 atom stereocenters. The standard InChI is InChI=1S/C33H26FN3OS/c1-20-18-24(21(2)36(20)26-15-13-25(34)14-16-26)19-29-32(38)37-31(23-9-4-3-5-10-23)28-17-12-22-8-6-7-11-27(22)30(28)35-33(37)39-29/h3-11,13-16,18-19,31H,12,17H2,1-2H3/b29-19+. The summed E-state index contributed by atoms with van der Waals surface area (Å²) in [6.45, 7) is 4.05. The van der Waals surface area contributed by atoms with Crippen LogP contribution in [0.2, 0.25) is 0 Å². The lowest BCUT2D eigenvalue weighted by atomic mass is 9.83. The van der Waals surface area contributed by atoms with E-state index < -0.39 is 0 Å². The number of hydrogen-bond acceptors (Lipinski definition) is 3. The van der Waals surface area contributed by atoms with Gasteiger partial charge in [0.2, 0.25) is 0 Å². The van der Waals surface area contributed by atoms with Gasteiger partial charge in [-0.1, -0.05) is 65.9 Å². The van der Waals surface area contributed by atoms with Gasteiger partial charge < -0.3 is 4.57 Å². The Hall–Kier alpha value is -4.29. The van der Waals surface area contributed by atoms with Crippen LogP contribution in [0.3, 0.4) is 0 Å². The van der Waals surface area contributed by atoms with Crippen molar-refractivity contribution < 1.29 is 4.39 Å². The van der Waals surface area contributed by atoms with E-state index in [-0.39, 0.29) is 17.4 Å². The van der Waals surface area contributed by atoms with Crippen LogP contribution in [0.25, 0.3) is 17.5 Å². The van der Waals surface area contributed by atoms with Gasteiger partial charge >= 0.3 is 0 Å². The Kier molecular flexibility index (Phi) is 5.60. The Bertz CT molecular complexity index is 1960. The first-order chi connectivity index (χ1) is 19.0. The van der Waals surface area contributed by atoms with Gasteiger partial charge in [-0.05, 0) is 85.4 Å². The zero-order valence-electron chi connectivity index (χ0n) is 21.7. The lowest BCUT2D eigenvalue weighted by Crippen LogP contribution is -2.38. The maximum absolute atomic E-state index is 14.0. The molecule has 0 saturated heterocycles. The second-order valence-electron chi connectivity index (χ2n) is 10.2. The van der Waals surface area contributed by atoms with Gasteiger partial charge in [-0.25, -0.2) is 9.38 Å². The Morgan fingerprint density at radius 3 is 2.49 bits per heavy atom. The van der Waals surface area contributed by atoms with Gasteiger partial charge in [0, 0.05) is 22.6 Å². The third-order valence-electron chi connectivity index (χ3n) is 7.83. The smallest absolute Gasteiger partial charge is 0.271 e. The highest BCUT2D eigenvalue weighted by molar-refractivity contribution is 7.07. The topological polar surface area (TPSA) is 39.3 Å². The molecule has 1 unspecified atom stereocenters. The maximum atomic E-state index is 14.0. The van der Waals surface area contributed by atoms with Crippen molar-refractivity contribution in [3.8, 4) is 5.69 Å². The molecule has 0 radical (unpaired) electrons. The lowest BCUT2D eigenvalue weighted by molar-refractivity contribution is 0.585. The summed E-state index contributed by atoms with van der Waals surface area (Å²) in [5.74, 6) is -0.263. The predicted molar refractivity (Wildman–Crippen MR) is 154 cm³/mol. The normalized spacial score (nSPS) is 16.5. The molecular weight excluding hydrogens is 505 g/mol. The first-order valence-corrected chi connectivity index (χ1v) is 13.9. The minimum atomic E-state index is -0.263. The van der Waals surface area contributed by atoms with Gasteiger partial charge in [0.15, 0.2) is 4.80 Å². The molecule has 3 heterocycles. The third kappa shape index (κ3) is 3.86. The fraction of sp³-hybridized carbons (Fsp3) is 0.152. The molecule has 6 heteroatoms. The Morgan fingerprint density at radius 2 is 1.69 bits per heavy atom. The van der Waals surface area contributed by atoms with Gasteiger partial charge in [-0.3, -0.25) is 9.36 Å². The number of benzene rings is 3. The van der Waals surface area contributed by atoms with E-state index in [1.54, 1.807) is 12.1 Å². The average Bonchev–Trinajstić information content (AvgIpc) is 3.42. The Morgan fingerprint density at radius 1 is 0.949 bits per heavy atom. The van der Waals surface area contributed by atoms with Gasteiger partial charge in [-0.2, -0.15) is 0 Å². The first kappa shape index (κ1) is 23.8. The molecule has 1 aliphatic heterocycles. The number of nitrogens with zero attached hydrogens (tertiary/aromatic N) is 3. The van der Waals surface area contributed by atoms with Crippen molar-refractivity contribution in [1.82, 2.24) is 9.13 Å². The SMILES string of the molecule is Cc1cc(/C=c2/sc3n(c2=O)C(c2ccccc2)C2=C(N=3)c3ccccc3CC2)c(C)n1-c1ccc(F)cc1. The number of aryl methyl sites for hydroxylation is 2. The van der Waals surface area contributed by atoms with E-state index in [0.717, 1.165) is 51.5 Å². The quantitative estimate of drug-likeness (QED) is 0.287. The zero-order valence-corrected chi connectivity index (χ0v) is 22.5. The Labute approximate surface area is 229 Å². The molecule has 39 heavy (non-hydrogen) atoms. The number of halogens is 1. The van der Waals surface area contributed by atoms with Crippen LogP contribution in [-0.2, 0) is 6.42 Å². The average molecular weight is 532 g/mol. The van der Waals surface area contributed by atoms with Crippen molar-refractivity contribution in [3.63, 3.8) is 0 Å². The van der Waals surface area contributed by atoms with Crippen LogP contribution in [0.4, 0.5) is 4.39 Å². The maximum Gasteiger partial charge on any atom is 0.271 e. The van der Waals surface area contributed by atoms with E-state index in [1.165, 1.54) is 40.2 Å². The Balaban J connectivity index is 1.43. The molecular formula is C33H26FN3OS. The third-order valence-corrected chi connectivity index (χ3v) is 8.81. The largest absolute Gasteiger partial charge is 0.318 e. The summed E-state index contributed by atoms with van der Waals surface area (Å²) in [5.41, 5.74) is 9.63. The van der Waals surface area contributed by atoms with Crippen LogP contribution in [0.5, 0.6) is 0 Å². The molecule has 192 valence electrons. The first-order valence-electron chi connectivity index (χ1n) is 13.1. The van der Waals surface area contributed by atoms with Crippen molar-refractivity contribution in [3.05, 3.63) is 150 Å². The highest BCUT2D eigenvalue weighted by atomic mass is 32.1. The van der Waals surface area contributed by atoms with Crippen LogP contribution in [0.15, 0.2) is 100 Å². The summed E-state index contributed by atoms with van der Waals surface area (Å²) >= 11 is 1.44. The summed E-state index contributed by atoms with van der Waals surface area (Å²) in [4.78, 5) is 19.9. The van der Waals surface area contributed by atoms with Crippen LogP contribution in [-0.4, -0.2) is 9.13 Å². The number of allylic oxidation sites excluding steroid dienone is 1. The zero-order chi connectivity index (χ0) is 26.7. The highest BCUT2D eigenvalue weighted by Crippen LogP contribution is 2.41. The highest BCUT2D eigenvalue weighted by Gasteiger charge is 2.32. The molecule has 3 aromatic carbocycles. The van der Waals surface area contributed by atoms with E-state index in [0.29, 0.717) is 4.53 Å². The van der Waals surface area contributed by atoms with Crippen molar-refractivity contribution in [2.24, 2.45) is 4.99 Å². The molecule has 0 amide bonds. The van der Waals surface area contributed by atoms with E-state index in [2.05, 4.69) is 47.0 Å². The minimum absolute atomic E-state index is 0.0235. The van der Waals surface area contributed by atoms with Crippen LogP contribution in [0.1, 0.15) is 46.1 Å². The molecule has 0 N–H and O–H groups in total. The summed E-state index contributed by atoms with van der Waals surface area (Å²) in [6.07, 6.45) is 3.79. The van der Waals surface area contributed by atoms with E-state index >= 15 is 0 Å². The fourth-order valence-electron chi connectivity index (χ4n) is 6.02. The lowest BCUT2D eigenvalue weighted by Gasteiger charge is -2.30. The van der Waals surface area contributed by atoms with Gasteiger partial charge in [0.05, 0.1) is 16.3 Å². The molecule has 7 rings (SSSR count). The van der Waals surface area contributed by atoms with Gasteiger partial charge in [-0.15, -0.1) is 0 Å².